The molecule has 3 aromatic rings. The Morgan fingerprint density at radius 3 is 2.52 bits per heavy atom. The van der Waals surface area contributed by atoms with Crippen LogP contribution in [0.2, 0.25) is 0 Å². The van der Waals surface area contributed by atoms with Crippen LogP contribution in [0.5, 0.6) is 17.2 Å². The van der Waals surface area contributed by atoms with E-state index in [0.717, 1.165) is 9.13 Å². The Kier molecular flexibility index (Phi) is 7.51. The van der Waals surface area contributed by atoms with Crippen molar-refractivity contribution in [3.63, 3.8) is 0 Å². The molecule has 0 aliphatic heterocycles. The number of methoxy groups -OCH3 is 1. The van der Waals surface area contributed by atoms with Crippen molar-refractivity contribution in [3.05, 3.63) is 87.0 Å². The van der Waals surface area contributed by atoms with Crippen LogP contribution in [0.3, 0.4) is 0 Å². The van der Waals surface area contributed by atoms with Crippen LogP contribution < -0.4 is 14.8 Å². The average molecular weight is 526 g/mol. The Balaban J connectivity index is 1.81. The van der Waals surface area contributed by atoms with Gasteiger partial charge in [-0.05, 0) is 76.2 Å². The van der Waals surface area contributed by atoms with E-state index in [2.05, 4.69) is 27.9 Å². The van der Waals surface area contributed by atoms with E-state index in [9.17, 15) is 15.2 Å². The number of phenols is 1. The van der Waals surface area contributed by atoms with Crippen LogP contribution in [-0.4, -0.2) is 18.1 Å². The summed E-state index contributed by atoms with van der Waals surface area (Å²) in [5.41, 5.74) is 2.07. The molecule has 31 heavy (non-hydrogen) atoms. The minimum Gasteiger partial charge on any atom is -0.508 e. The van der Waals surface area contributed by atoms with Crippen molar-refractivity contribution in [1.29, 1.82) is 5.26 Å². The Hall–Kier alpha value is -3.51. The molecular formula is C24H19IN2O4. The van der Waals surface area contributed by atoms with Crippen molar-refractivity contribution in [1.82, 2.24) is 0 Å². The first kappa shape index (κ1) is 22.2. The SMILES string of the molecule is COc1cc(/C=C(/C#N)C(=O)Nc2ccc(O)cc2)cc(I)c1OCc1ccccc1. The third-order valence-corrected chi connectivity index (χ3v) is 5.08. The molecule has 0 aliphatic carbocycles. The van der Waals surface area contributed by atoms with E-state index in [-0.39, 0.29) is 11.3 Å². The number of rotatable bonds is 7. The van der Waals surface area contributed by atoms with Gasteiger partial charge in [0, 0.05) is 5.69 Å². The van der Waals surface area contributed by atoms with Gasteiger partial charge in [-0.1, -0.05) is 30.3 Å². The average Bonchev–Trinajstić information content (AvgIpc) is 2.78. The standard InChI is InChI=1S/C24H19IN2O4/c1-30-22-13-17(12-21(25)23(22)31-15-16-5-3-2-4-6-16)11-18(14-26)24(29)27-19-7-9-20(28)10-8-19/h2-13,28H,15H2,1H3,(H,27,29)/b18-11-. The summed E-state index contributed by atoms with van der Waals surface area (Å²) in [7, 11) is 1.54. The zero-order chi connectivity index (χ0) is 22.2. The van der Waals surface area contributed by atoms with Gasteiger partial charge in [0.25, 0.3) is 5.91 Å². The van der Waals surface area contributed by atoms with Gasteiger partial charge in [-0.15, -0.1) is 0 Å². The van der Waals surface area contributed by atoms with Crippen LogP contribution in [0, 0.1) is 14.9 Å². The zero-order valence-electron chi connectivity index (χ0n) is 16.6. The van der Waals surface area contributed by atoms with Crippen LogP contribution in [0.1, 0.15) is 11.1 Å². The van der Waals surface area contributed by atoms with E-state index in [0.29, 0.717) is 29.4 Å². The Bertz CT molecular complexity index is 1140. The first-order valence-corrected chi connectivity index (χ1v) is 10.3. The second-order valence-corrected chi connectivity index (χ2v) is 7.64. The molecule has 0 unspecified atom stereocenters. The molecule has 0 saturated heterocycles. The predicted octanol–water partition coefficient (Wildman–Crippen LogP) is 5.13. The van der Waals surface area contributed by atoms with E-state index in [1.54, 1.807) is 18.2 Å². The quantitative estimate of drug-likeness (QED) is 0.193. The maximum atomic E-state index is 12.5. The molecule has 0 radical (unpaired) electrons. The van der Waals surface area contributed by atoms with Crippen molar-refractivity contribution < 1.29 is 19.4 Å². The van der Waals surface area contributed by atoms with Crippen molar-refractivity contribution in [2.24, 2.45) is 0 Å². The molecule has 3 rings (SSSR count). The highest BCUT2D eigenvalue weighted by molar-refractivity contribution is 14.1. The number of halogens is 1. The maximum Gasteiger partial charge on any atom is 0.266 e. The van der Waals surface area contributed by atoms with Gasteiger partial charge in [0.05, 0.1) is 10.7 Å². The Morgan fingerprint density at radius 2 is 1.87 bits per heavy atom. The lowest BCUT2D eigenvalue weighted by molar-refractivity contribution is -0.112. The summed E-state index contributed by atoms with van der Waals surface area (Å²) in [5.74, 6) is 0.637. The first-order chi connectivity index (χ1) is 15.0. The number of nitrogens with zero attached hydrogens (tertiary/aromatic N) is 1. The Labute approximate surface area is 193 Å². The minimum absolute atomic E-state index is 0.0659. The molecule has 2 N–H and O–H groups in total. The van der Waals surface area contributed by atoms with Crippen LogP contribution in [0.25, 0.3) is 6.08 Å². The number of amides is 1. The number of anilines is 1. The lowest BCUT2D eigenvalue weighted by Crippen LogP contribution is -2.13. The van der Waals surface area contributed by atoms with Gasteiger partial charge in [-0.3, -0.25) is 4.79 Å². The summed E-state index contributed by atoms with van der Waals surface area (Å²) in [5, 5.41) is 21.4. The summed E-state index contributed by atoms with van der Waals surface area (Å²) < 4.78 is 12.2. The van der Waals surface area contributed by atoms with Crippen molar-refractivity contribution in [2.75, 3.05) is 12.4 Å². The number of carbonyl (C=O) groups is 1. The molecule has 0 aliphatic rings. The molecule has 0 heterocycles. The van der Waals surface area contributed by atoms with E-state index in [4.69, 9.17) is 9.47 Å². The molecule has 156 valence electrons. The normalized spacial score (nSPS) is 10.8. The predicted molar refractivity (Wildman–Crippen MR) is 127 cm³/mol. The van der Waals surface area contributed by atoms with E-state index < -0.39 is 5.91 Å². The number of nitriles is 1. The Morgan fingerprint density at radius 1 is 1.16 bits per heavy atom. The molecule has 0 saturated carbocycles. The number of benzene rings is 3. The molecule has 3 aromatic carbocycles. The lowest BCUT2D eigenvalue weighted by atomic mass is 10.1. The first-order valence-electron chi connectivity index (χ1n) is 9.26. The number of hydrogen-bond donors (Lipinski definition) is 2. The number of nitrogens with one attached hydrogen (secondary N) is 1. The van der Waals surface area contributed by atoms with Gasteiger partial charge in [-0.2, -0.15) is 5.26 Å². The molecule has 0 bridgehead atoms. The molecule has 0 spiro atoms. The highest BCUT2D eigenvalue weighted by Crippen LogP contribution is 2.35. The largest absolute Gasteiger partial charge is 0.508 e. The summed E-state index contributed by atoms with van der Waals surface area (Å²) >= 11 is 2.13. The summed E-state index contributed by atoms with van der Waals surface area (Å²) in [6, 6.07) is 21.2. The fourth-order valence-electron chi connectivity index (χ4n) is 2.75. The van der Waals surface area contributed by atoms with Crippen LogP contribution in [0.15, 0.2) is 72.3 Å². The minimum atomic E-state index is -0.549. The van der Waals surface area contributed by atoms with Crippen molar-refractivity contribution in [3.8, 4) is 23.3 Å². The van der Waals surface area contributed by atoms with Gasteiger partial charge in [0.2, 0.25) is 0 Å². The molecular weight excluding hydrogens is 507 g/mol. The molecule has 0 aromatic heterocycles. The third-order valence-electron chi connectivity index (χ3n) is 4.28. The van der Waals surface area contributed by atoms with Gasteiger partial charge >= 0.3 is 0 Å². The summed E-state index contributed by atoms with van der Waals surface area (Å²) in [6.45, 7) is 0.390. The number of phenolic OH excluding ortho intramolecular Hbond substituents is 1. The number of ether oxygens (including phenoxy) is 2. The topological polar surface area (TPSA) is 91.6 Å². The fourth-order valence-corrected chi connectivity index (χ4v) is 3.53. The number of aromatic hydroxyl groups is 1. The van der Waals surface area contributed by atoms with Gasteiger partial charge in [0.1, 0.15) is 24.0 Å². The monoisotopic (exact) mass is 526 g/mol. The van der Waals surface area contributed by atoms with E-state index >= 15 is 0 Å². The third kappa shape index (κ3) is 5.99. The molecule has 1 amide bonds. The second kappa shape index (κ2) is 10.5. The summed E-state index contributed by atoms with van der Waals surface area (Å²) in [4.78, 5) is 12.5. The van der Waals surface area contributed by atoms with Gasteiger partial charge in [-0.25, -0.2) is 0 Å². The van der Waals surface area contributed by atoms with Crippen molar-refractivity contribution >= 4 is 40.3 Å². The van der Waals surface area contributed by atoms with Crippen LogP contribution >= 0.6 is 22.6 Å². The van der Waals surface area contributed by atoms with E-state index in [1.807, 2.05) is 42.5 Å². The van der Waals surface area contributed by atoms with E-state index in [1.165, 1.54) is 25.3 Å². The second-order valence-electron chi connectivity index (χ2n) is 6.48. The lowest BCUT2D eigenvalue weighted by Gasteiger charge is -2.14. The highest BCUT2D eigenvalue weighted by atomic mass is 127. The van der Waals surface area contributed by atoms with Crippen LogP contribution in [0.4, 0.5) is 5.69 Å². The fraction of sp³-hybridized carbons (Fsp3) is 0.0833. The molecule has 7 heteroatoms. The molecule has 0 fully saturated rings. The number of hydrogen-bond acceptors (Lipinski definition) is 5. The smallest absolute Gasteiger partial charge is 0.266 e. The molecule has 6 nitrogen and oxygen atoms in total. The molecule has 0 atom stereocenters. The van der Waals surface area contributed by atoms with Gasteiger partial charge < -0.3 is 19.9 Å². The number of carbonyl (C=O) groups excluding carboxylic acids is 1. The zero-order valence-corrected chi connectivity index (χ0v) is 18.8. The highest BCUT2D eigenvalue weighted by Gasteiger charge is 2.14. The van der Waals surface area contributed by atoms with Crippen molar-refractivity contribution in [2.45, 2.75) is 6.61 Å². The van der Waals surface area contributed by atoms with Crippen LogP contribution in [-0.2, 0) is 11.4 Å². The summed E-state index contributed by atoms with van der Waals surface area (Å²) in [6.07, 6.45) is 1.49. The maximum absolute atomic E-state index is 12.5. The van der Waals surface area contributed by atoms with Gasteiger partial charge in [0.15, 0.2) is 11.5 Å².